The Hall–Kier alpha value is -2.09. The lowest BCUT2D eigenvalue weighted by Gasteiger charge is -2.09. The lowest BCUT2D eigenvalue weighted by molar-refractivity contribution is 0.102. The van der Waals surface area contributed by atoms with Gasteiger partial charge < -0.3 is 5.32 Å². The number of hydrogen-bond acceptors (Lipinski definition) is 1. The molecule has 0 saturated carbocycles. The van der Waals surface area contributed by atoms with Crippen LogP contribution in [0.4, 0.5) is 5.69 Å². The van der Waals surface area contributed by atoms with E-state index >= 15 is 0 Å². The van der Waals surface area contributed by atoms with Crippen LogP contribution in [-0.2, 0) is 0 Å². The number of amides is 1. The Morgan fingerprint density at radius 1 is 0.882 bits per heavy atom. The minimum absolute atomic E-state index is 0.0580. The molecule has 0 aliphatic heterocycles. The second-order valence-corrected chi connectivity index (χ2v) is 4.08. The third-order valence-electron chi connectivity index (χ3n) is 2.78. The van der Waals surface area contributed by atoms with Gasteiger partial charge in [-0.2, -0.15) is 0 Å². The summed E-state index contributed by atoms with van der Waals surface area (Å²) in [6.45, 7) is 3.92. The van der Waals surface area contributed by atoms with Crippen molar-refractivity contribution in [3.05, 3.63) is 65.2 Å². The van der Waals surface area contributed by atoms with Gasteiger partial charge >= 0.3 is 0 Å². The smallest absolute Gasteiger partial charge is 0.255 e. The largest absolute Gasteiger partial charge is 0.322 e. The number of hydrogen-bond donors (Lipinski definition) is 1. The molecule has 1 amide bonds. The van der Waals surface area contributed by atoms with Crippen LogP contribution in [0.3, 0.4) is 0 Å². The maximum Gasteiger partial charge on any atom is 0.255 e. The molecule has 0 bridgehead atoms. The molecule has 0 saturated heterocycles. The summed E-state index contributed by atoms with van der Waals surface area (Å²) in [5.74, 6) is -0.0580. The number of carbonyl (C=O) groups excluding carboxylic acids is 1. The first-order valence-electron chi connectivity index (χ1n) is 5.61. The third-order valence-corrected chi connectivity index (χ3v) is 2.78. The summed E-state index contributed by atoms with van der Waals surface area (Å²) < 4.78 is 0. The molecular formula is C15H15NO. The predicted molar refractivity (Wildman–Crippen MR) is 70.3 cm³/mol. The van der Waals surface area contributed by atoms with E-state index in [1.807, 2.05) is 62.4 Å². The number of para-hydroxylation sites is 1. The van der Waals surface area contributed by atoms with Crippen LogP contribution >= 0.6 is 0 Å². The monoisotopic (exact) mass is 225 g/mol. The molecule has 2 heteroatoms. The molecule has 17 heavy (non-hydrogen) atoms. The molecule has 1 N–H and O–H groups in total. The Morgan fingerprint density at radius 2 is 1.47 bits per heavy atom. The Balaban J connectivity index is 2.24. The summed E-state index contributed by atoms with van der Waals surface area (Å²) in [6, 6.07) is 15.3. The van der Waals surface area contributed by atoms with Crippen molar-refractivity contribution in [3.63, 3.8) is 0 Å². The Kier molecular flexibility index (Phi) is 3.24. The molecule has 2 aromatic rings. The number of benzene rings is 2. The fourth-order valence-corrected chi connectivity index (χ4v) is 1.73. The normalized spacial score (nSPS) is 10.0. The van der Waals surface area contributed by atoms with Crippen molar-refractivity contribution >= 4 is 11.6 Å². The van der Waals surface area contributed by atoms with Gasteiger partial charge in [0.1, 0.15) is 0 Å². The SMILES string of the molecule is Cc1ccccc1NC(=O)c1ccccc1C. The van der Waals surface area contributed by atoms with E-state index in [9.17, 15) is 4.79 Å². The lowest BCUT2D eigenvalue weighted by Crippen LogP contribution is -2.13. The highest BCUT2D eigenvalue weighted by molar-refractivity contribution is 6.05. The third kappa shape index (κ3) is 2.53. The van der Waals surface area contributed by atoms with Gasteiger partial charge in [-0.1, -0.05) is 36.4 Å². The zero-order valence-electron chi connectivity index (χ0n) is 10.0. The van der Waals surface area contributed by atoms with Crippen LogP contribution in [0.25, 0.3) is 0 Å². The highest BCUT2D eigenvalue weighted by atomic mass is 16.1. The molecule has 0 atom stereocenters. The summed E-state index contributed by atoms with van der Waals surface area (Å²) in [6.07, 6.45) is 0. The van der Waals surface area contributed by atoms with Crippen molar-refractivity contribution in [2.24, 2.45) is 0 Å². The molecule has 0 aromatic heterocycles. The van der Waals surface area contributed by atoms with Gasteiger partial charge in [-0.05, 0) is 37.1 Å². The number of nitrogens with one attached hydrogen (secondary N) is 1. The highest BCUT2D eigenvalue weighted by Crippen LogP contribution is 2.15. The van der Waals surface area contributed by atoms with Crippen LogP contribution in [0.15, 0.2) is 48.5 Å². The summed E-state index contributed by atoms with van der Waals surface area (Å²) in [4.78, 5) is 12.1. The van der Waals surface area contributed by atoms with Crippen molar-refractivity contribution < 1.29 is 4.79 Å². The van der Waals surface area contributed by atoms with E-state index < -0.39 is 0 Å². The zero-order valence-corrected chi connectivity index (χ0v) is 10.0. The minimum atomic E-state index is -0.0580. The van der Waals surface area contributed by atoms with E-state index in [1.54, 1.807) is 0 Å². The van der Waals surface area contributed by atoms with Gasteiger partial charge in [0.05, 0.1) is 0 Å². The Bertz CT molecular complexity index is 546. The topological polar surface area (TPSA) is 29.1 Å². The van der Waals surface area contributed by atoms with Crippen molar-refractivity contribution in [1.29, 1.82) is 0 Å². The van der Waals surface area contributed by atoms with Gasteiger partial charge in [0.15, 0.2) is 0 Å². The molecule has 0 unspecified atom stereocenters. The summed E-state index contributed by atoms with van der Waals surface area (Å²) in [5, 5.41) is 2.93. The predicted octanol–water partition coefficient (Wildman–Crippen LogP) is 3.56. The van der Waals surface area contributed by atoms with Crippen molar-refractivity contribution in [2.75, 3.05) is 5.32 Å². The van der Waals surface area contributed by atoms with Crippen LogP contribution in [-0.4, -0.2) is 5.91 Å². The van der Waals surface area contributed by atoms with E-state index in [0.29, 0.717) is 0 Å². The standard InChI is InChI=1S/C15H15NO/c1-11-7-3-5-9-13(11)15(17)16-14-10-6-4-8-12(14)2/h3-10H,1-2H3,(H,16,17). The van der Waals surface area contributed by atoms with E-state index in [-0.39, 0.29) is 5.91 Å². The Morgan fingerprint density at radius 3 is 2.12 bits per heavy atom. The first-order chi connectivity index (χ1) is 8.18. The van der Waals surface area contributed by atoms with Crippen molar-refractivity contribution in [3.8, 4) is 0 Å². The van der Waals surface area contributed by atoms with Crippen LogP contribution < -0.4 is 5.32 Å². The maximum atomic E-state index is 12.1. The second kappa shape index (κ2) is 4.83. The van der Waals surface area contributed by atoms with E-state index in [2.05, 4.69) is 5.32 Å². The first kappa shape index (κ1) is 11.4. The number of aryl methyl sites for hydroxylation is 2. The second-order valence-electron chi connectivity index (χ2n) is 4.08. The Labute approximate surface area is 101 Å². The van der Waals surface area contributed by atoms with E-state index in [1.165, 1.54) is 0 Å². The maximum absolute atomic E-state index is 12.1. The first-order valence-corrected chi connectivity index (χ1v) is 5.61. The van der Waals surface area contributed by atoms with Crippen LogP contribution in [0, 0.1) is 13.8 Å². The minimum Gasteiger partial charge on any atom is -0.322 e. The molecule has 86 valence electrons. The fraction of sp³-hybridized carbons (Fsp3) is 0.133. The molecule has 0 aliphatic carbocycles. The van der Waals surface area contributed by atoms with Gasteiger partial charge in [-0.3, -0.25) is 4.79 Å². The average molecular weight is 225 g/mol. The van der Waals surface area contributed by atoms with E-state index in [0.717, 1.165) is 22.4 Å². The number of rotatable bonds is 2. The molecule has 0 spiro atoms. The number of carbonyl (C=O) groups is 1. The number of anilines is 1. The molecular weight excluding hydrogens is 210 g/mol. The molecule has 0 aliphatic rings. The van der Waals surface area contributed by atoms with Crippen molar-refractivity contribution in [2.45, 2.75) is 13.8 Å². The van der Waals surface area contributed by atoms with Crippen molar-refractivity contribution in [1.82, 2.24) is 0 Å². The van der Waals surface area contributed by atoms with Gasteiger partial charge in [-0.15, -0.1) is 0 Å². The molecule has 2 nitrogen and oxygen atoms in total. The zero-order chi connectivity index (χ0) is 12.3. The molecule has 0 radical (unpaired) electrons. The molecule has 2 aromatic carbocycles. The van der Waals surface area contributed by atoms with Gasteiger partial charge in [0.25, 0.3) is 5.91 Å². The quantitative estimate of drug-likeness (QED) is 0.832. The molecule has 0 heterocycles. The highest BCUT2D eigenvalue weighted by Gasteiger charge is 2.08. The van der Waals surface area contributed by atoms with Gasteiger partial charge in [0.2, 0.25) is 0 Å². The lowest BCUT2D eigenvalue weighted by atomic mass is 10.1. The van der Waals surface area contributed by atoms with Crippen LogP contribution in [0.2, 0.25) is 0 Å². The van der Waals surface area contributed by atoms with E-state index in [4.69, 9.17) is 0 Å². The summed E-state index contributed by atoms with van der Waals surface area (Å²) >= 11 is 0. The fourth-order valence-electron chi connectivity index (χ4n) is 1.73. The summed E-state index contributed by atoms with van der Waals surface area (Å²) in [5.41, 5.74) is 3.63. The summed E-state index contributed by atoms with van der Waals surface area (Å²) in [7, 11) is 0. The van der Waals surface area contributed by atoms with Gasteiger partial charge in [0, 0.05) is 11.3 Å². The van der Waals surface area contributed by atoms with Crippen LogP contribution in [0.5, 0.6) is 0 Å². The molecule has 0 fully saturated rings. The van der Waals surface area contributed by atoms with Gasteiger partial charge in [-0.25, -0.2) is 0 Å². The van der Waals surface area contributed by atoms with Crippen LogP contribution in [0.1, 0.15) is 21.5 Å². The average Bonchev–Trinajstić information content (AvgIpc) is 2.32. The molecule has 2 rings (SSSR count).